The number of halogens is 1. The largest absolute Gasteiger partial charge is 0.350 e. The van der Waals surface area contributed by atoms with Gasteiger partial charge in [-0.05, 0) is 68.1 Å². The van der Waals surface area contributed by atoms with E-state index < -0.39 is 34.1 Å². The van der Waals surface area contributed by atoms with Crippen LogP contribution in [0.15, 0.2) is 78.9 Å². The summed E-state index contributed by atoms with van der Waals surface area (Å²) in [6.07, 6.45) is 2.12. The van der Waals surface area contributed by atoms with Crippen molar-refractivity contribution in [2.24, 2.45) is 0 Å². The molecule has 0 fully saturated rings. The quantitative estimate of drug-likeness (QED) is 0.335. The molecule has 0 aliphatic heterocycles. The predicted molar refractivity (Wildman–Crippen MR) is 162 cm³/mol. The Hall–Kier alpha value is -3.36. The van der Waals surface area contributed by atoms with Gasteiger partial charge >= 0.3 is 0 Å². The molecular weight excluding hydrogens is 546 g/mol. The highest BCUT2D eigenvalue weighted by Crippen LogP contribution is 2.22. The first-order chi connectivity index (χ1) is 18.8. The van der Waals surface area contributed by atoms with Crippen LogP contribution in [0.25, 0.3) is 0 Å². The van der Waals surface area contributed by atoms with E-state index >= 15 is 0 Å². The summed E-state index contributed by atoms with van der Waals surface area (Å²) >= 11 is 6.25. The van der Waals surface area contributed by atoms with Gasteiger partial charge in [-0.3, -0.25) is 13.9 Å². The molecule has 3 rings (SSSR count). The Morgan fingerprint density at radius 1 is 0.900 bits per heavy atom. The molecule has 3 aromatic carbocycles. The third-order valence-electron chi connectivity index (χ3n) is 6.32. The standard InChI is InChI=1S/C31H38ClN3O4S/c1-6-23-15-17-27(18-16-23)35(40(5,38)39)22-29(36)34(21-25-13-10-14-26(32)19-25)28(30(37)33-31(2,3)4)20-24-11-8-7-9-12-24/h7-19,28H,6,20-22H2,1-5H3,(H,33,37). The number of rotatable bonds is 11. The second-order valence-corrected chi connectivity index (χ2v) is 13.2. The first-order valence-electron chi connectivity index (χ1n) is 13.2. The van der Waals surface area contributed by atoms with Gasteiger partial charge in [0.15, 0.2) is 0 Å². The van der Waals surface area contributed by atoms with E-state index in [1.807, 2.05) is 76.2 Å². The molecule has 1 atom stereocenters. The van der Waals surface area contributed by atoms with Crippen molar-refractivity contribution in [1.29, 1.82) is 0 Å². The Morgan fingerprint density at radius 2 is 1.52 bits per heavy atom. The van der Waals surface area contributed by atoms with E-state index in [1.54, 1.807) is 30.3 Å². The summed E-state index contributed by atoms with van der Waals surface area (Å²) in [5.41, 5.74) is 2.48. The molecule has 0 bridgehead atoms. The number of sulfonamides is 1. The Bertz CT molecular complexity index is 1400. The lowest BCUT2D eigenvalue weighted by molar-refractivity contribution is -0.140. The molecule has 0 heterocycles. The minimum absolute atomic E-state index is 0.0703. The monoisotopic (exact) mass is 583 g/mol. The zero-order chi connectivity index (χ0) is 29.5. The van der Waals surface area contributed by atoms with Crippen LogP contribution in [0, 0.1) is 0 Å². The second-order valence-electron chi connectivity index (χ2n) is 10.9. The Labute approximate surface area is 243 Å². The Morgan fingerprint density at radius 3 is 2.08 bits per heavy atom. The lowest BCUT2D eigenvalue weighted by Gasteiger charge is -2.35. The van der Waals surface area contributed by atoms with Crippen molar-refractivity contribution in [3.8, 4) is 0 Å². The number of hydrogen-bond donors (Lipinski definition) is 1. The van der Waals surface area contributed by atoms with Crippen molar-refractivity contribution < 1.29 is 18.0 Å². The number of benzene rings is 3. The van der Waals surface area contributed by atoms with Crippen LogP contribution in [-0.2, 0) is 39.0 Å². The number of nitrogens with zero attached hydrogens (tertiary/aromatic N) is 2. The molecule has 1 unspecified atom stereocenters. The molecule has 2 amide bonds. The molecule has 0 radical (unpaired) electrons. The smallest absolute Gasteiger partial charge is 0.244 e. The number of carbonyl (C=O) groups is 2. The van der Waals surface area contributed by atoms with Crippen LogP contribution in [0.5, 0.6) is 0 Å². The molecule has 0 spiro atoms. The second kappa shape index (κ2) is 13.3. The number of carbonyl (C=O) groups excluding carboxylic acids is 2. The molecule has 1 N–H and O–H groups in total. The van der Waals surface area contributed by atoms with Gasteiger partial charge < -0.3 is 10.2 Å². The number of aryl methyl sites for hydroxylation is 1. The highest BCUT2D eigenvalue weighted by molar-refractivity contribution is 7.92. The summed E-state index contributed by atoms with van der Waals surface area (Å²) in [7, 11) is -3.82. The minimum atomic E-state index is -3.82. The minimum Gasteiger partial charge on any atom is -0.350 e. The molecule has 0 aliphatic carbocycles. The molecule has 214 valence electrons. The molecule has 7 nitrogen and oxygen atoms in total. The van der Waals surface area contributed by atoms with Crippen LogP contribution < -0.4 is 9.62 Å². The SMILES string of the molecule is CCc1ccc(N(CC(=O)N(Cc2cccc(Cl)c2)C(Cc2ccccc2)C(=O)NC(C)(C)C)S(C)(=O)=O)cc1. The van der Waals surface area contributed by atoms with E-state index in [0.717, 1.165) is 33.7 Å². The van der Waals surface area contributed by atoms with E-state index in [4.69, 9.17) is 11.6 Å². The molecule has 0 aromatic heterocycles. The van der Waals surface area contributed by atoms with Gasteiger partial charge in [-0.2, -0.15) is 0 Å². The van der Waals surface area contributed by atoms with Gasteiger partial charge in [0, 0.05) is 23.5 Å². The van der Waals surface area contributed by atoms with Gasteiger partial charge in [-0.25, -0.2) is 8.42 Å². The van der Waals surface area contributed by atoms with E-state index in [1.165, 1.54) is 4.90 Å². The van der Waals surface area contributed by atoms with E-state index in [-0.39, 0.29) is 18.9 Å². The summed E-state index contributed by atoms with van der Waals surface area (Å²) < 4.78 is 26.9. The number of hydrogen-bond acceptors (Lipinski definition) is 4. The maximum absolute atomic E-state index is 14.1. The number of anilines is 1. The van der Waals surface area contributed by atoms with Crippen LogP contribution in [0.1, 0.15) is 44.4 Å². The van der Waals surface area contributed by atoms with Crippen molar-refractivity contribution in [3.63, 3.8) is 0 Å². The van der Waals surface area contributed by atoms with Crippen LogP contribution >= 0.6 is 11.6 Å². The van der Waals surface area contributed by atoms with Crippen LogP contribution in [0.3, 0.4) is 0 Å². The maximum atomic E-state index is 14.1. The average molecular weight is 584 g/mol. The molecule has 3 aromatic rings. The molecule has 40 heavy (non-hydrogen) atoms. The van der Waals surface area contributed by atoms with E-state index in [0.29, 0.717) is 10.7 Å². The predicted octanol–water partition coefficient (Wildman–Crippen LogP) is 5.22. The van der Waals surface area contributed by atoms with Crippen molar-refractivity contribution in [1.82, 2.24) is 10.2 Å². The van der Waals surface area contributed by atoms with Gasteiger partial charge in [-0.15, -0.1) is 0 Å². The fourth-order valence-electron chi connectivity index (χ4n) is 4.35. The summed E-state index contributed by atoms with van der Waals surface area (Å²) in [5.74, 6) is -0.833. The third-order valence-corrected chi connectivity index (χ3v) is 7.70. The van der Waals surface area contributed by atoms with E-state index in [2.05, 4.69) is 5.32 Å². The summed E-state index contributed by atoms with van der Waals surface area (Å²) in [4.78, 5) is 29.3. The van der Waals surface area contributed by atoms with Gasteiger partial charge in [0.1, 0.15) is 12.6 Å². The van der Waals surface area contributed by atoms with Crippen LogP contribution in [-0.4, -0.2) is 49.5 Å². The lowest BCUT2D eigenvalue weighted by Crippen LogP contribution is -2.56. The van der Waals surface area contributed by atoms with Gasteiger partial charge in [0.05, 0.1) is 11.9 Å². The Kier molecular flexibility index (Phi) is 10.4. The van der Waals surface area contributed by atoms with Crippen molar-refractivity contribution in [2.45, 2.75) is 58.7 Å². The molecule has 0 saturated heterocycles. The summed E-state index contributed by atoms with van der Waals surface area (Å²) in [5, 5.41) is 3.51. The Balaban J connectivity index is 2.06. The van der Waals surface area contributed by atoms with Crippen molar-refractivity contribution >= 4 is 39.1 Å². The molecule has 0 saturated carbocycles. The zero-order valence-corrected chi connectivity index (χ0v) is 25.3. The summed E-state index contributed by atoms with van der Waals surface area (Å²) in [6, 6.07) is 22.7. The first kappa shape index (κ1) is 31.2. The fraction of sp³-hybridized carbons (Fsp3) is 0.355. The van der Waals surface area contributed by atoms with Crippen molar-refractivity contribution in [2.75, 3.05) is 17.1 Å². The van der Waals surface area contributed by atoms with Crippen molar-refractivity contribution in [3.05, 3.63) is 101 Å². The zero-order valence-electron chi connectivity index (χ0n) is 23.7. The average Bonchev–Trinajstić information content (AvgIpc) is 2.88. The maximum Gasteiger partial charge on any atom is 0.244 e. The fourth-order valence-corrected chi connectivity index (χ4v) is 5.41. The highest BCUT2D eigenvalue weighted by atomic mass is 35.5. The highest BCUT2D eigenvalue weighted by Gasteiger charge is 2.34. The summed E-state index contributed by atoms with van der Waals surface area (Å²) in [6.45, 7) is 7.24. The van der Waals surface area contributed by atoms with Gasteiger partial charge in [-0.1, -0.05) is 73.1 Å². The van der Waals surface area contributed by atoms with E-state index in [9.17, 15) is 18.0 Å². The van der Waals surface area contributed by atoms with Crippen LogP contribution in [0.2, 0.25) is 5.02 Å². The van der Waals surface area contributed by atoms with Crippen LogP contribution in [0.4, 0.5) is 5.69 Å². The topological polar surface area (TPSA) is 86.8 Å². The molecular formula is C31H38ClN3O4S. The van der Waals surface area contributed by atoms with Gasteiger partial charge in [0.25, 0.3) is 0 Å². The number of nitrogens with one attached hydrogen (secondary N) is 1. The lowest BCUT2D eigenvalue weighted by atomic mass is 10.0. The molecule has 9 heteroatoms. The number of amides is 2. The third kappa shape index (κ3) is 9.10. The van der Waals surface area contributed by atoms with Gasteiger partial charge in [0.2, 0.25) is 21.8 Å². The molecule has 0 aliphatic rings. The first-order valence-corrected chi connectivity index (χ1v) is 15.5. The normalized spacial score (nSPS) is 12.4.